The van der Waals surface area contributed by atoms with Crippen molar-refractivity contribution in [3.05, 3.63) is 24.0 Å². The number of aryl methyl sites for hydroxylation is 1. The third kappa shape index (κ3) is 1.76. The number of para-hydroxylation sites is 1. The predicted octanol–water partition coefficient (Wildman–Crippen LogP) is 1.34. The molecule has 0 saturated carbocycles. The van der Waals surface area contributed by atoms with E-state index in [0.717, 1.165) is 35.6 Å². The van der Waals surface area contributed by atoms with Crippen LogP contribution < -0.4 is 10.1 Å². The third-order valence-corrected chi connectivity index (χ3v) is 2.77. The van der Waals surface area contributed by atoms with Gasteiger partial charge in [-0.3, -0.25) is 0 Å². The number of ether oxygens (including phenoxy) is 1. The van der Waals surface area contributed by atoms with Crippen LogP contribution in [-0.4, -0.2) is 30.3 Å². The summed E-state index contributed by atoms with van der Waals surface area (Å²) in [5, 5.41) is 3.13. The Bertz CT molecular complexity index is 490. The fourth-order valence-electron chi connectivity index (χ4n) is 1.91. The molecule has 4 nitrogen and oxygen atoms in total. The highest BCUT2D eigenvalue weighted by atomic mass is 16.5. The maximum Gasteiger partial charge on any atom is 0.144 e. The molecule has 0 radical (unpaired) electrons. The van der Waals surface area contributed by atoms with Gasteiger partial charge in [0, 0.05) is 20.0 Å². The van der Waals surface area contributed by atoms with Crippen LogP contribution in [0.1, 0.15) is 5.82 Å². The molecule has 4 heteroatoms. The zero-order chi connectivity index (χ0) is 11.5. The van der Waals surface area contributed by atoms with Crippen LogP contribution in [0.15, 0.2) is 18.2 Å². The summed E-state index contributed by atoms with van der Waals surface area (Å²) in [5.74, 6) is 1.96. The molecule has 0 aliphatic carbocycles. The van der Waals surface area contributed by atoms with Gasteiger partial charge in [0.15, 0.2) is 0 Å². The van der Waals surface area contributed by atoms with Crippen molar-refractivity contribution in [1.82, 2.24) is 14.9 Å². The minimum atomic E-state index is 0.878. The van der Waals surface area contributed by atoms with E-state index in [1.165, 1.54) is 0 Å². The first-order valence-electron chi connectivity index (χ1n) is 5.41. The summed E-state index contributed by atoms with van der Waals surface area (Å²) < 4.78 is 7.45. The molecule has 1 N–H and O–H groups in total. The Kier molecular flexibility index (Phi) is 3.10. The number of methoxy groups -OCH3 is 1. The van der Waals surface area contributed by atoms with Crippen molar-refractivity contribution in [1.29, 1.82) is 0 Å². The summed E-state index contributed by atoms with van der Waals surface area (Å²) in [7, 11) is 5.67. The van der Waals surface area contributed by atoms with Gasteiger partial charge < -0.3 is 14.6 Å². The lowest BCUT2D eigenvalue weighted by molar-refractivity contribution is 0.417. The molecular formula is C12H17N3O. The van der Waals surface area contributed by atoms with Crippen LogP contribution in [-0.2, 0) is 13.5 Å². The quantitative estimate of drug-likeness (QED) is 0.843. The average Bonchev–Trinajstić information content (AvgIpc) is 2.64. The van der Waals surface area contributed by atoms with E-state index in [0.29, 0.717) is 0 Å². The number of nitrogens with zero attached hydrogens (tertiary/aromatic N) is 2. The largest absolute Gasteiger partial charge is 0.494 e. The number of benzene rings is 1. The van der Waals surface area contributed by atoms with Crippen molar-refractivity contribution in [2.75, 3.05) is 20.7 Å². The zero-order valence-electron chi connectivity index (χ0n) is 9.95. The molecule has 0 aliphatic heterocycles. The highest BCUT2D eigenvalue weighted by Gasteiger charge is 2.10. The molecule has 0 fully saturated rings. The van der Waals surface area contributed by atoms with E-state index in [4.69, 9.17) is 4.74 Å². The zero-order valence-corrected chi connectivity index (χ0v) is 9.95. The van der Waals surface area contributed by atoms with Crippen molar-refractivity contribution >= 4 is 11.0 Å². The van der Waals surface area contributed by atoms with Crippen molar-refractivity contribution < 1.29 is 4.74 Å². The standard InChI is InChI=1S/C12H17N3O/c1-13-8-7-11-14-9-5-4-6-10(16-3)12(9)15(11)2/h4-6,13H,7-8H2,1-3H3. The molecule has 0 saturated heterocycles. The van der Waals surface area contributed by atoms with Gasteiger partial charge in [-0.15, -0.1) is 0 Å². The number of likely N-dealkylation sites (N-methyl/N-ethyl adjacent to an activating group) is 1. The molecule has 0 spiro atoms. The first kappa shape index (κ1) is 11.0. The monoisotopic (exact) mass is 219 g/mol. The number of imidazole rings is 1. The Balaban J connectivity index is 2.50. The van der Waals surface area contributed by atoms with Gasteiger partial charge >= 0.3 is 0 Å². The Hall–Kier alpha value is -1.55. The minimum Gasteiger partial charge on any atom is -0.494 e. The second kappa shape index (κ2) is 4.53. The Labute approximate surface area is 95.2 Å². The van der Waals surface area contributed by atoms with Crippen molar-refractivity contribution in [2.45, 2.75) is 6.42 Å². The van der Waals surface area contributed by atoms with E-state index in [1.807, 2.05) is 32.3 Å². The summed E-state index contributed by atoms with van der Waals surface area (Å²) in [6, 6.07) is 5.95. The van der Waals surface area contributed by atoms with Crippen LogP contribution in [0.2, 0.25) is 0 Å². The van der Waals surface area contributed by atoms with Gasteiger partial charge in [-0.05, 0) is 19.2 Å². The van der Waals surface area contributed by atoms with Crippen LogP contribution in [0, 0.1) is 0 Å². The van der Waals surface area contributed by atoms with Gasteiger partial charge in [-0.1, -0.05) is 6.07 Å². The lowest BCUT2D eigenvalue weighted by atomic mass is 10.3. The van der Waals surface area contributed by atoms with Gasteiger partial charge in [0.2, 0.25) is 0 Å². The van der Waals surface area contributed by atoms with E-state index >= 15 is 0 Å². The van der Waals surface area contributed by atoms with E-state index in [-0.39, 0.29) is 0 Å². The van der Waals surface area contributed by atoms with Crippen molar-refractivity contribution in [3.8, 4) is 5.75 Å². The lowest BCUT2D eigenvalue weighted by Gasteiger charge is -2.05. The second-order valence-electron chi connectivity index (χ2n) is 3.77. The summed E-state index contributed by atoms with van der Waals surface area (Å²) in [4.78, 5) is 4.60. The molecule has 0 amide bonds. The Morgan fingerprint density at radius 1 is 1.44 bits per heavy atom. The number of hydrogen-bond acceptors (Lipinski definition) is 3. The number of rotatable bonds is 4. The molecule has 1 aromatic carbocycles. The fraction of sp³-hybridized carbons (Fsp3) is 0.417. The molecule has 2 rings (SSSR count). The Morgan fingerprint density at radius 2 is 2.25 bits per heavy atom. The maximum absolute atomic E-state index is 5.35. The van der Waals surface area contributed by atoms with E-state index in [2.05, 4.69) is 14.9 Å². The first-order valence-corrected chi connectivity index (χ1v) is 5.41. The summed E-state index contributed by atoms with van der Waals surface area (Å²) in [6.07, 6.45) is 0.921. The topological polar surface area (TPSA) is 39.1 Å². The van der Waals surface area contributed by atoms with E-state index in [9.17, 15) is 0 Å². The molecule has 0 bridgehead atoms. The predicted molar refractivity (Wildman–Crippen MR) is 64.9 cm³/mol. The van der Waals surface area contributed by atoms with Crippen LogP contribution >= 0.6 is 0 Å². The molecule has 0 atom stereocenters. The van der Waals surface area contributed by atoms with E-state index in [1.54, 1.807) is 7.11 Å². The lowest BCUT2D eigenvalue weighted by Crippen LogP contribution is -2.13. The number of aromatic nitrogens is 2. The fourth-order valence-corrected chi connectivity index (χ4v) is 1.91. The molecule has 1 heterocycles. The minimum absolute atomic E-state index is 0.878. The maximum atomic E-state index is 5.35. The highest BCUT2D eigenvalue weighted by Crippen LogP contribution is 2.25. The number of hydrogen-bond donors (Lipinski definition) is 1. The van der Waals surface area contributed by atoms with Gasteiger partial charge in [0.05, 0.1) is 12.6 Å². The Morgan fingerprint density at radius 3 is 2.94 bits per heavy atom. The van der Waals surface area contributed by atoms with Crippen LogP contribution in [0.3, 0.4) is 0 Å². The summed E-state index contributed by atoms with van der Waals surface area (Å²) >= 11 is 0. The molecule has 1 aromatic heterocycles. The number of nitrogens with one attached hydrogen (secondary N) is 1. The van der Waals surface area contributed by atoms with Gasteiger partial charge in [-0.2, -0.15) is 0 Å². The second-order valence-corrected chi connectivity index (χ2v) is 3.77. The highest BCUT2D eigenvalue weighted by molar-refractivity contribution is 5.82. The molecule has 86 valence electrons. The first-order chi connectivity index (χ1) is 7.77. The summed E-state index contributed by atoms with van der Waals surface area (Å²) in [6.45, 7) is 0.930. The SMILES string of the molecule is CNCCc1nc2cccc(OC)c2n1C. The smallest absolute Gasteiger partial charge is 0.144 e. The molecule has 16 heavy (non-hydrogen) atoms. The summed E-state index contributed by atoms with van der Waals surface area (Å²) in [5.41, 5.74) is 2.06. The molecule has 0 unspecified atom stereocenters. The molecular weight excluding hydrogens is 202 g/mol. The normalized spacial score (nSPS) is 10.9. The average molecular weight is 219 g/mol. The van der Waals surface area contributed by atoms with Crippen LogP contribution in [0.25, 0.3) is 11.0 Å². The van der Waals surface area contributed by atoms with Gasteiger partial charge in [0.1, 0.15) is 17.1 Å². The van der Waals surface area contributed by atoms with Gasteiger partial charge in [-0.25, -0.2) is 4.98 Å². The van der Waals surface area contributed by atoms with Gasteiger partial charge in [0.25, 0.3) is 0 Å². The molecule has 0 aliphatic rings. The van der Waals surface area contributed by atoms with Crippen LogP contribution in [0.5, 0.6) is 5.75 Å². The van der Waals surface area contributed by atoms with E-state index < -0.39 is 0 Å². The van der Waals surface area contributed by atoms with Crippen molar-refractivity contribution in [3.63, 3.8) is 0 Å². The molecule has 2 aromatic rings. The van der Waals surface area contributed by atoms with Crippen LogP contribution in [0.4, 0.5) is 0 Å². The van der Waals surface area contributed by atoms with Crippen molar-refractivity contribution in [2.24, 2.45) is 7.05 Å². The third-order valence-electron chi connectivity index (χ3n) is 2.77. The number of fused-ring (bicyclic) bond motifs is 1.